The zero-order valence-electron chi connectivity index (χ0n) is 6.44. The lowest BCUT2D eigenvalue weighted by Crippen LogP contribution is -2.21. The molecule has 0 saturated carbocycles. The van der Waals surface area contributed by atoms with Gasteiger partial charge in [0.15, 0.2) is 0 Å². The van der Waals surface area contributed by atoms with Gasteiger partial charge in [-0.1, -0.05) is 0 Å². The maximum atomic E-state index is 11.1. The third-order valence-electron chi connectivity index (χ3n) is 1.76. The number of hydrogen-bond acceptors (Lipinski definition) is 4. The predicted molar refractivity (Wildman–Crippen MR) is 39.2 cm³/mol. The second-order valence-electron chi connectivity index (χ2n) is 2.77. The fourth-order valence-electron chi connectivity index (χ4n) is 1.22. The third-order valence-corrected chi connectivity index (χ3v) is 1.76. The summed E-state index contributed by atoms with van der Waals surface area (Å²) < 4.78 is 4.67. The summed E-state index contributed by atoms with van der Waals surface area (Å²) in [5.74, 6) is -2.09. The number of aliphatic hydroxyl groups is 1. The van der Waals surface area contributed by atoms with E-state index in [9.17, 15) is 9.90 Å². The maximum absolute atomic E-state index is 11.1. The van der Waals surface area contributed by atoms with Gasteiger partial charge in [-0.3, -0.25) is 4.98 Å². The number of rotatable bonds is 0. The van der Waals surface area contributed by atoms with Crippen molar-refractivity contribution in [3.63, 3.8) is 0 Å². The first kappa shape index (κ1) is 7.24. The van der Waals surface area contributed by atoms with Crippen LogP contribution in [0.2, 0.25) is 0 Å². The van der Waals surface area contributed by atoms with Crippen molar-refractivity contribution in [2.45, 2.75) is 12.7 Å². The summed E-state index contributed by atoms with van der Waals surface area (Å²) >= 11 is 0. The lowest BCUT2D eigenvalue weighted by molar-refractivity contribution is -0.150. The van der Waals surface area contributed by atoms with Gasteiger partial charge in [0.05, 0.1) is 5.56 Å². The van der Waals surface area contributed by atoms with E-state index in [1.165, 1.54) is 13.1 Å². The zero-order valence-corrected chi connectivity index (χ0v) is 6.44. The van der Waals surface area contributed by atoms with Crippen molar-refractivity contribution in [2.75, 3.05) is 0 Å². The normalized spacial score (nSPS) is 26.7. The first-order chi connectivity index (χ1) is 5.61. The van der Waals surface area contributed by atoms with Crippen molar-refractivity contribution in [1.29, 1.82) is 0 Å². The van der Waals surface area contributed by atoms with Crippen LogP contribution in [0.25, 0.3) is 0 Å². The van der Waals surface area contributed by atoms with Gasteiger partial charge in [0.25, 0.3) is 5.79 Å². The Morgan fingerprint density at radius 1 is 1.67 bits per heavy atom. The van der Waals surface area contributed by atoms with E-state index < -0.39 is 11.8 Å². The van der Waals surface area contributed by atoms with Crippen molar-refractivity contribution in [3.05, 3.63) is 29.6 Å². The van der Waals surface area contributed by atoms with Gasteiger partial charge in [-0.2, -0.15) is 0 Å². The lowest BCUT2D eigenvalue weighted by Gasteiger charge is -2.13. The molecule has 0 fully saturated rings. The molecule has 0 aliphatic carbocycles. The minimum atomic E-state index is -1.56. The Morgan fingerprint density at radius 3 is 3.08 bits per heavy atom. The summed E-state index contributed by atoms with van der Waals surface area (Å²) in [5, 5.41) is 9.51. The highest BCUT2D eigenvalue weighted by Crippen LogP contribution is 2.31. The molecule has 4 nitrogen and oxygen atoms in total. The van der Waals surface area contributed by atoms with E-state index in [4.69, 9.17) is 0 Å². The van der Waals surface area contributed by atoms with E-state index in [1.807, 2.05) is 0 Å². The van der Waals surface area contributed by atoms with Gasteiger partial charge in [-0.25, -0.2) is 4.79 Å². The Hall–Kier alpha value is -1.42. The minimum Gasteiger partial charge on any atom is -0.424 e. The largest absolute Gasteiger partial charge is 0.424 e. The van der Waals surface area contributed by atoms with Gasteiger partial charge in [0.2, 0.25) is 0 Å². The van der Waals surface area contributed by atoms with Crippen LogP contribution in [0.15, 0.2) is 18.3 Å². The van der Waals surface area contributed by atoms with E-state index in [2.05, 4.69) is 9.72 Å². The monoisotopic (exact) mass is 165 g/mol. The molecule has 0 bridgehead atoms. The van der Waals surface area contributed by atoms with Gasteiger partial charge in [0, 0.05) is 13.1 Å². The summed E-state index contributed by atoms with van der Waals surface area (Å²) in [5.41, 5.74) is 0.623. The van der Waals surface area contributed by atoms with E-state index in [0.717, 1.165) is 0 Å². The molecule has 0 spiro atoms. The van der Waals surface area contributed by atoms with Crippen LogP contribution in [-0.2, 0) is 10.5 Å². The Bertz CT molecular complexity index is 346. The second-order valence-corrected chi connectivity index (χ2v) is 2.77. The summed E-state index contributed by atoms with van der Waals surface area (Å²) in [7, 11) is 0. The van der Waals surface area contributed by atoms with Crippen LogP contribution in [0.1, 0.15) is 23.0 Å². The van der Waals surface area contributed by atoms with Crippen molar-refractivity contribution < 1.29 is 14.6 Å². The fraction of sp³-hybridized carbons (Fsp3) is 0.250. The lowest BCUT2D eigenvalue weighted by atomic mass is 10.1. The standard InChI is InChI=1S/C8H7NO3/c1-8(11)6-5(7(10)12-8)3-2-4-9-6/h2-4,11H,1H3. The molecular weight excluding hydrogens is 158 g/mol. The van der Waals surface area contributed by atoms with Crippen LogP contribution in [0, 0.1) is 0 Å². The molecule has 1 aliphatic rings. The number of nitrogens with zero attached hydrogens (tertiary/aromatic N) is 1. The second kappa shape index (κ2) is 2.04. The molecular formula is C8H7NO3. The molecule has 0 saturated heterocycles. The highest BCUT2D eigenvalue weighted by molar-refractivity contribution is 5.93. The van der Waals surface area contributed by atoms with E-state index in [0.29, 0.717) is 5.56 Å². The first-order valence-corrected chi connectivity index (χ1v) is 3.52. The van der Waals surface area contributed by atoms with E-state index in [1.54, 1.807) is 12.1 Å². The smallest absolute Gasteiger partial charge is 0.343 e. The van der Waals surface area contributed by atoms with Crippen LogP contribution in [0.4, 0.5) is 0 Å². The highest BCUT2D eigenvalue weighted by atomic mass is 16.7. The Labute approximate surface area is 68.8 Å². The summed E-state index contributed by atoms with van der Waals surface area (Å²) in [6.45, 7) is 1.39. The molecule has 12 heavy (non-hydrogen) atoms. The molecule has 1 atom stereocenters. The first-order valence-electron chi connectivity index (χ1n) is 3.52. The number of carbonyl (C=O) groups excluding carboxylic acids is 1. The molecule has 4 heteroatoms. The fourth-order valence-corrected chi connectivity index (χ4v) is 1.22. The zero-order chi connectivity index (χ0) is 8.77. The molecule has 2 rings (SSSR count). The van der Waals surface area contributed by atoms with Crippen LogP contribution in [0.3, 0.4) is 0 Å². The average Bonchev–Trinajstić information content (AvgIpc) is 2.25. The Morgan fingerprint density at radius 2 is 2.42 bits per heavy atom. The predicted octanol–water partition coefficient (Wildman–Crippen LogP) is 0.417. The summed E-state index contributed by atoms with van der Waals surface area (Å²) in [6.07, 6.45) is 1.51. The third kappa shape index (κ3) is 0.816. The van der Waals surface area contributed by atoms with Crippen molar-refractivity contribution >= 4 is 5.97 Å². The molecule has 1 aliphatic heterocycles. The SMILES string of the molecule is CC1(O)OC(=O)c2cccnc21. The average molecular weight is 165 g/mol. The highest BCUT2D eigenvalue weighted by Gasteiger charge is 2.41. The minimum absolute atomic E-state index is 0.287. The molecule has 0 aromatic carbocycles. The quantitative estimate of drug-likeness (QED) is 0.566. The maximum Gasteiger partial charge on any atom is 0.343 e. The number of carbonyl (C=O) groups is 1. The molecule has 1 aromatic heterocycles. The number of cyclic esters (lactones) is 1. The van der Waals surface area contributed by atoms with Crippen LogP contribution in [0.5, 0.6) is 0 Å². The van der Waals surface area contributed by atoms with Crippen LogP contribution in [-0.4, -0.2) is 16.1 Å². The number of hydrogen-bond donors (Lipinski definition) is 1. The van der Waals surface area contributed by atoms with Gasteiger partial charge in [-0.05, 0) is 12.1 Å². The molecule has 62 valence electrons. The van der Waals surface area contributed by atoms with Crippen LogP contribution >= 0.6 is 0 Å². The molecule has 2 heterocycles. The van der Waals surface area contributed by atoms with E-state index in [-0.39, 0.29) is 5.69 Å². The Balaban J connectivity index is 2.66. The topological polar surface area (TPSA) is 59.4 Å². The number of esters is 1. The van der Waals surface area contributed by atoms with E-state index >= 15 is 0 Å². The number of ether oxygens (including phenoxy) is 1. The van der Waals surface area contributed by atoms with Crippen molar-refractivity contribution in [1.82, 2.24) is 4.98 Å². The number of aromatic nitrogens is 1. The summed E-state index contributed by atoms with van der Waals surface area (Å²) in [6, 6.07) is 3.20. The molecule has 1 N–H and O–H groups in total. The Kier molecular flexibility index (Phi) is 1.23. The van der Waals surface area contributed by atoms with Crippen LogP contribution < -0.4 is 0 Å². The molecule has 1 unspecified atom stereocenters. The van der Waals surface area contributed by atoms with Gasteiger partial charge < -0.3 is 9.84 Å². The molecule has 0 radical (unpaired) electrons. The van der Waals surface area contributed by atoms with Crippen molar-refractivity contribution in [2.24, 2.45) is 0 Å². The molecule has 1 aromatic rings. The van der Waals surface area contributed by atoms with Gasteiger partial charge >= 0.3 is 5.97 Å². The van der Waals surface area contributed by atoms with Gasteiger partial charge in [-0.15, -0.1) is 0 Å². The molecule has 0 amide bonds. The number of pyridine rings is 1. The van der Waals surface area contributed by atoms with Gasteiger partial charge in [0.1, 0.15) is 5.69 Å². The number of fused-ring (bicyclic) bond motifs is 1. The summed E-state index contributed by atoms with van der Waals surface area (Å²) in [4.78, 5) is 14.9. The van der Waals surface area contributed by atoms with Crippen molar-refractivity contribution in [3.8, 4) is 0 Å².